The second-order valence-electron chi connectivity index (χ2n) is 4.86. The van der Waals surface area contributed by atoms with Crippen molar-refractivity contribution in [3.8, 4) is 23.3 Å². The molecule has 0 bridgehead atoms. The zero-order chi connectivity index (χ0) is 14.7. The molecule has 0 radical (unpaired) electrons. The lowest BCUT2D eigenvalue weighted by atomic mass is 9.91. The molecule has 1 aliphatic carbocycles. The molecule has 5 heteroatoms. The summed E-state index contributed by atoms with van der Waals surface area (Å²) in [5.41, 5.74) is 0.632. The van der Waals surface area contributed by atoms with E-state index in [1.165, 1.54) is 21.3 Å². The predicted octanol–water partition coefficient (Wildman–Crippen LogP) is 2.09. The van der Waals surface area contributed by atoms with E-state index in [9.17, 15) is 10.4 Å². The zero-order valence-electron chi connectivity index (χ0n) is 11.9. The van der Waals surface area contributed by atoms with Gasteiger partial charge in [-0.25, -0.2) is 0 Å². The minimum Gasteiger partial charge on any atom is -0.493 e. The first-order valence-electron chi connectivity index (χ1n) is 6.54. The molecule has 1 saturated carbocycles. The molecule has 0 aliphatic heterocycles. The topological polar surface area (TPSA) is 71.7 Å². The maximum Gasteiger partial charge on any atom is 0.203 e. The molecule has 0 heterocycles. The van der Waals surface area contributed by atoms with Crippen molar-refractivity contribution in [2.75, 3.05) is 21.3 Å². The van der Waals surface area contributed by atoms with Crippen LogP contribution >= 0.6 is 0 Å². The Morgan fingerprint density at radius 1 is 1.15 bits per heavy atom. The Morgan fingerprint density at radius 3 is 2.25 bits per heavy atom. The zero-order valence-corrected chi connectivity index (χ0v) is 11.9. The van der Waals surface area contributed by atoms with Gasteiger partial charge in [-0.15, -0.1) is 0 Å². The van der Waals surface area contributed by atoms with Gasteiger partial charge >= 0.3 is 0 Å². The summed E-state index contributed by atoms with van der Waals surface area (Å²) in [6, 6.07) is 5.65. The molecule has 0 aromatic heterocycles. The average Bonchev–Trinajstić information content (AvgIpc) is 3.31. The molecule has 2 rings (SSSR count). The Balaban J connectivity index is 2.46. The number of aliphatic hydroxyl groups is 1. The lowest BCUT2D eigenvalue weighted by Gasteiger charge is -2.21. The molecular weight excluding hydrogens is 258 g/mol. The molecule has 0 saturated heterocycles. The van der Waals surface area contributed by atoms with Gasteiger partial charge in [0.25, 0.3) is 0 Å². The minimum absolute atomic E-state index is 0.206. The van der Waals surface area contributed by atoms with Gasteiger partial charge < -0.3 is 19.3 Å². The highest BCUT2D eigenvalue weighted by Crippen LogP contribution is 2.46. The van der Waals surface area contributed by atoms with Gasteiger partial charge in [-0.1, -0.05) is 0 Å². The number of benzene rings is 1. The molecule has 1 aromatic carbocycles. The van der Waals surface area contributed by atoms with Crippen molar-refractivity contribution in [2.45, 2.75) is 24.9 Å². The third-order valence-corrected chi connectivity index (χ3v) is 3.66. The van der Waals surface area contributed by atoms with E-state index in [1.54, 1.807) is 12.1 Å². The monoisotopic (exact) mass is 277 g/mol. The van der Waals surface area contributed by atoms with Crippen LogP contribution in [-0.4, -0.2) is 32.5 Å². The number of nitrogens with zero attached hydrogens (tertiary/aromatic N) is 1. The third-order valence-electron chi connectivity index (χ3n) is 3.66. The number of hydrogen-bond acceptors (Lipinski definition) is 5. The van der Waals surface area contributed by atoms with Gasteiger partial charge in [-0.3, -0.25) is 0 Å². The Kier molecular flexibility index (Phi) is 4.35. The van der Waals surface area contributed by atoms with E-state index in [0.717, 1.165) is 12.8 Å². The fourth-order valence-electron chi connectivity index (χ4n) is 2.41. The summed E-state index contributed by atoms with van der Waals surface area (Å²) in [5.74, 6) is 0.995. The van der Waals surface area contributed by atoms with Gasteiger partial charge in [0.1, 0.15) is 5.92 Å². The molecule has 0 amide bonds. The Labute approximate surface area is 118 Å². The molecule has 2 atom stereocenters. The molecule has 20 heavy (non-hydrogen) atoms. The minimum atomic E-state index is -0.674. The van der Waals surface area contributed by atoms with Crippen molar-refractivity contribution in [3.05, 3.63) is 17.7 Å². The van der Waals surface area contributed by atoms with Gasteiger partial charge in [0.2, 0.25) is 5.75 Å². The van der Waals surface area contributed by atoms with Gasteiger partial charge in [0.05, 0.1) is 33.5 Å². The molecule has 2 unspecified atom stereocenters. The van der Waals surface area contributed by atoms with Crippen molar-refractivity contribution < 1.29 is 19.3 Å². The molecule has 0 spiro atoms. The highest BCUT2D eigenvalue weighted by molar-refractivity contribution is 5.58. The van der Waals surface area contributed by atoms with Crippen molar-refractivity contribution in [1.82, 2.24) is 0 Å². The van der Waals surface area contributed by atoms with Crippen LogP contribution in [0.15, 0.2) is 12.1 Å². The maximum absolute atomic E-state index is 10.3. The van der Waals surface area contributed by atoms with Crippen LogP contribution in [0.25, 0.3) is 0 Å². The molecule has 1 aromatic rings. The first kappa shape index (κ1) is 14.5. The highest BCUT2D eigenvalue weighted by Gasteiger charge is 2.38. The van der Waals surface area contributed by atoms with Crippen LogP contribution in [0.1, 0.15) is 24.3 Å². The second-order valence-corrected chi connectivity index (χ2v) is 4.86. The predicted molar refractivity (Wildman–Crippen MR) is 73.2 cm³/mol. The summed E-state index contributed by atoms with van der Waals surface area (Å²) in [7, 11) is 4.57. The summed E-state index contributed by atoms with van der Waals surface area (Å²) < 4.78 is 15.9. The van der Waals surface area contributed by atoms with Crippen LogP contribution < -0.4 is 14.2 Å². The summed E-state index contributed by atoms with van der Waals surface area (Å²) in [5, 5.41) is 19.7. The van der Waals surface area contributed by atoms with Crippen LogP contribution in [0, 0.1) is 17.2 Å². The van der Waals surface area contributed by atoms with Crippen molar-refractivity contribution in [2.24, 2.45) is 5.92 Å². The van der Waals surface area contributed by atoms with Gasteiger partial charge in [0.15, 0.2) is 11.5 Å². The Bertz CT molecular complexity index is 519. The van der Waals surface area contributed by atoms with E-state index in [-0.39, 0.29) is 5.92 Å². The van der Waals surface area contributed by atoms with Gasteiger partial charge in [-0.2, -0.15) is 5.26 Å². The van der Waals surface area contributed by atoms with Crippen molar-refractivity contribution >= 4 is 0 Å². The summed E-state index contributed by atoms with van der Waals surface area (Å²) in [6.07, 6.45) is 1.26. The third kappa shape index (κ3) is 2.52. The number of methoxy groups -OCH3 is 3. The largest absolute Gasteiger partial charge is 0.493 e. The van der Waals surface area contributed by atoms with Crippen LogP contribution in [0.2, 0.25) is 0 Å². The summed E-state index contributed by atoms with van der Waals surface area (Å²) in [4.78, 5) is 0. The second kappa shape index (κ2) is 6.02. The van der Waals surface area contributed by atoms with Crippen LogP contribution in [0.3, 0.4) is 0 Å². The Hall–Kier alpha value is -1.93. The lowest BCUT2D eigenvalue weighted by Crippen LogP contribution is -2.20. The molecule has 108 valence electrons. The normalized spacial score (nSPS) is 16.9. The molecule has 1 N–H and O–H groups in total. The number of aliphatic hydroxyl groups excluding tert-OH is 1. The summed E-state index contributed by atoms with van der Waals surface area (Å²) in [6.45, 7) is 0. The van der Waals surface area contributed by atoms with E-state index in [1.807, 2.05) is 0 Å². The fraction of sp³-hybridized carbons (Fsp3) is 0.533. The first-order chi connectivity index (χ1) is 9.67. The molecular formula is C15H19NO4. The van der Waals surface area contributed by atoms with E-state index in [2.05, 4.69) is 6.07 Å². The van der Waals surface area contributed by atoms with Gasteiger partial charge in [-0.05, 0) is 30.9 Å². The van der Waals surface area contributed by atoms with Gasteiger partial charge in [0, 0.05) is 5.56 Å². The van der Waals surface area contributed by atoms with Crippen LogP contribution in [-0.2, 0) is 0 Å². The summed E-state index contributed by atoms with van der Waals surface area (Å²) >= 11 is 0. The number of hydrogen-bond donors (Lipinski definition) is 1. The standard InChI is InChI=1S/C15H19NO4/c1-18-12-7-6-10(14(19-2)15(12)20-3)11(8-16)13(17)9-4-5-9/h6-7,9,11,13,17H,4-5H2,1-3H3. The molecule has 1 aliphatic rings. The van der Waals surface area contributed by atoms with Crippen molar-refractivity contribution in [3.63, 3.8) is 0 Å². The number of rotatable bonds is 6. The van der Waals surface area contributed by atoms with Crippen molar-refractivity contribution in [1.29, 1.82) is 5.26 Å². The van der Waals surface area contributed by atoms with E-state index >= 15 is 0 Å². The molecule has 5 nitrogen and oxygen atoms in total. The maximum atomic E-state index is 10.3. The highest BCUT2D eigenvalue weighted by atomic mass is 16.5. The smallest absolute Gasteiger partial charge is 0.203 e. The van der Waals surface area contributed by atoms with Crippen LogP contribution in [0.4, 0.5) is 0 Å². The number of nitriles is 1. The lowest BCUT2D eigenvalue weighted by molar-refractivity contribution is 0.137. The average molecular weight is 277 g/mol. The van der Waals surface area contributed by atoms with E-state index < -0.39 is 12.0 Å². The van der Waals surface area contributed by atoms with E-state index in [0.29, 0.717) is 22.8 Å². The molecule has 1 fully saturated rings. The fourth-order valence-corrected chi connectivity index (χ4v) is 2.41. The van der Waals surface area contributed by atoms with E-state index in [4.69, 9.17) is 14.2 Å². The number of ether oxygens (including phenoxy) is 3. The van der Waals surface area contributed by atoms with Crippen LogP contribution in [0.5, 0.6) is 17.2 Å². The quantitative estimate of drug-likeness (QED) is 0.862. The first-order valence-corrected chi connectivity index (χ1v) is 6.54. The SMILES string of the molecule is COc1ccc(C(C#N)C(O)C2CC2)c(OC)c1OC. The Morgan fingerprint density at radius 2 is 1.80 bits per heavy atom.